The van der Waals surface area contributed by atoms with Crippen molar-refractivity contribution in [2.45, 2.75) is 43.1 Å². The quantitative estimate of drug-likeness (QED) is 0.575. The van der Waals surface area contributed by atoms with E-state index in [1.54, 1.807) is 12.1 Å². The van der Waals surface area contributed by atoms with E-state index in [9.17, 15) is 27.2 Å². The molecule has 5 rings (SSSR count). The third-order valence-electron chi connectivity index (χ3n) is 6.40. The molecule has 2 fully saturated rings. The molecule has 180 valence electrons. The van der Waals surface area contributed by atoms with Crippen LogP contribution in [0.5, 0.6) is 11.5 Å². The Morgan fingerprint density at radius 1 is 1.21 bits per heavy atom. The molecule has 2 atom stereocenters. The van der Waals surface area contributed by atoms with Gasteiger partial charge >= 0.3 is 12.4 Å². The van der Waals surface area contributed by atoms with E-state index in [1.807, 2.05) is 0 Å². The molecule has 2 heterocycles. The summed E-state index contributed by atoms with van der Waals surface area (Å²) in [7, 11) is 0. The predicted molar refractivity (Wildman–Crippen MR) is 111 cm³/mol. The maximum atomic E-state index is 14.8. The molecule has 1 saturated carbocycles. The molecule has 1 aliphatic carbocycles. The van der Waals surface area contributed by atoms with Crippen LogP contribution in [0.3, 0.4) is 0 Å². The van der Waals surface area contributed by atoms with Gasteiger partial charge in [0.1, 0.15) is 23.4 Å². The van der Waals surface area contributed by atoms with Gasteiger partial charge in [0.05, 0.1) is 12.1 Å². The fourth-order valence-electron chi connectivity index (χ4n) is 4.58. The molecule has 0 bridgehead atoms. The number of nitrogens with one attached hydrogen (secondary N) is 3. The Hall–Kier alpha value is -3.50. The number of amides is 3. The van der Waals surface area contributed by atoms with Crippen molar-refractivity contribution in [3.8, 4) is 11.5 Å². The number of rotatable bonds is 5. The SMILES string of the molecule is O=C(N[C@@H]1C(=O)NC[C@H]1c1cc2c(cc1F)OCC2)NC1(c2cccc(OC(F)(F)F)c2)CC1. The van der Waals surface area contributed by atoms with Crippen molar-refractivity contribution in [2.24, 2.45) is 0 Å². The Labute approximate surface area is 191 Å². The first kappa shape index (κ1) is 22.3. The number of urea groups is 1. The number of halogens is 4. The number of carbonyl (C=O) groups is 2. The maximum absolute atomic E-state index is 14.8. The zero-order valence-electron chi connectivity index (χ0n) is 17.8. The molecule has 0 aromatic heterocycles. The van der Waals surface area contributed by atoms with E-state index >= 15 is 0 Å². The van der Waals surface area contributed by atoms with Crippen LogP contribution < -0.4 is 25.4 Å². The zero-order chi connectivity index (χ0) is 24.1. The number of carbonyl (C=O) groups excluding carboxylic acids is 2. The Morgan fingerprint density at radius 3 is 2.74 bits per heavy atom. The van der Waals surface area contributed by atoms with Crippen LogP contribution in [0.1, 0.15) is 35.4 Å². The second-order valence-electron chi connectivity index (χ2n) is 8.67. The lowest BCUT2D eigenvalue weighted by atomic mass is 9.91. The standard InChI is InChI=1S/C23H21F4N3O4/c24-17-10-18-12(4-7-33-18)8-15(17)16-11-28-20(31)19(16)29-21(32)30-22(5-6-22)13-2-1-3-14(9-13)34-23(25,26)27/h1-3,8-10,16,19H,4-7,11H2,(H,28,31)(H2,29,30,32)/t16-,19-/m0/s1. The largest absolute Gasteiger partial charge is 0.573 e. The van der Waals surface area contributed by atoms with E-state index in [2.05, 4.69) is 20.7 Å². The fourth-order valence-corrected chi connectivity index (χ4v) is 4.58. The molecular formula is C23H21F4N3O4. The highest BCUT2D eigenvalue weighted by Gasteiger charge is 2.47. The minimum atomic E-state index is -4.83. The third-order valence-corrected chi connectivity index (χ3v) is 6.40. The Bertz CT molecular complexity index is 1150. The summed E-state index contributed by atoms with van der Waals surface area (Å²) in [5.41, 5.74) is 0.750. The van der Waals surface area contributed by atoms with Crippen LogP contribution in [0.15, 0.2) is 36.4 Å². The zero-order valence-corrected chi connectivity index (χ0v) is 17.8. The lowest BCUT2D eigenvalue weighted by molar-refractivity contribution is -0.274. The van der Waals surface area contributed by atoms with Gasteiger partial charge in [0.25, 0.3) is 0 Å². The second kappa shape index (κ2) is 8.07. The average Bonchev–Trinajstić information content (AvgIpc) is 3.25. The average molecular weight is 479 g/mol. The van der Waals surface area contributed by atoms with Crippen molar-refractivity contribution >= 4 is 11.9 Å². The highest BCUT2D eigenvalue weighted by atomic mass is 19.4. The molecule has 0 spiro atoms. The molecule has 3 N–H and O–H groups in total. The van der Waals surface area contributed by atoms with Crippen molar-refractivity contribution < 1.29 is 36.6 Å². The van der Waals surface area contributed by atoms with Gasteiger partial charge in [0, 0.05) is 24.9 Å². The molecule has 7 nitrogen and oxygen atoms in total. The summed E-state index contributed by atoms with van der Waals surface area (Å²) in [6.45, 7) is 0.615. The van der Waals surface area contributed by atoms with Crippen LogP contribution in [0.25, 0.3) is 0 Å². The van der Waals surface area contributed by atoms with Gasteiger partial charge in [-0.05, 0) is 47.7 Å². The van der Waals surface area contributed by atoms with Crippen LogP contribution in [0.2, 0.25) is 0 Å². The summed E-state index contributed by atoms with van der Waals surface area (Å²) in [4.78, 5) is 25.3. The van der Waals surface area contributed by atoms with E-state index in [4.69, 9.17) is 4.74 Å². The van der Waals surface area contributed by atoms with Gasteiger partial charge in [-0.15, -0.1) is 13.2 Å². The van der Waals surface area contributed by atoms with Crippen LogP contribution in [0, 0.1) is 5.82 Å². The molecule has 3 amide bonds. The van der Waals surface area contributed by atoms with Crippen LogP contribution >= 0.6 is 0 Å². The lowest BCUT2D eigenvalue weighted by Crippen LogP contribution is -2.50. The van der Waals surface area contributed by atoms with Gasteiger partial charge < -0.3 is 25.4 Å². The minimum Gasteiger partial charge on any atom is -0.493 e. The van der Waals surface area contributed by atoms with Crippen molar-refractivity contribution in [3.63, 3.8) is 0 Å². The van der Waals surface area contributed by atoms with Crippen molar-refractivity contribution in [1.29, 1.82) is 0 Å². The Morgan fingerprint density at radius 2 is 2.00 bits per heavy atom. The van der Waals surface area contributed by atoms with Gasteiger partial charge in [0.15, 0.2) is 0 Å². The summed E-state index contributed by atoms with van der Waals surface area (Å²) < 4.78 is 61.8. The fraction of sp³-hybridized carbons (Fsp3) is 0.391. The van der Waals surface area contributed by atoms with Gasteiger partial charge in [-0.25, -0.2) is 9.18 Å². The summed E-state index contributed by atoms with van der Waals surface area (Å²) in [6.07, 6.45) is -3.18. The molecule has 2 aromatic rings. The number of benzene rings is 2. The number of hydrogen-bond acceptors (Lipinski definition) is 4. The first-order chi connectivity index (χ1) is 16.1. The number of hydrogen-bond donors (Lipinski definition) is 3. The molecule has 0 unspecified atom stereocenters. The minimum absolute atomic E-state index is 0.155. The molecule has 11 heteroatoms. The summed E-state index contributed by atoms with van der Waals surface area (Å²) in [5, 5.41) is 8.04. The first-order valence-electron chi connectivity index (χ1n) is 10.8. The normalized spacial score (nSPS) is 22.4. The molecule has 2 aliphatic heterocycles. The third kappa shape index (κ3) is 4.34. The molecule has 3 aliphatic rings. The van der Waals surface area contributed by atoms with Crippen LogP contribution in [0.4, 0.5) is 22.4 Å². The smallest absolute Gasteiger partial charge is 0.493 e. The van der Waals surface area contributed by atoms with Crippen molar-refractivity contribution in [1.82, 2.24) is 16.0 Å². The van der Waals surface area contributed by atoms with E-state index in [0.717, 1.165) is 5.56 Å². The highest BCUT2D eigenvalue weighted by Crippen LogP contribution is 2.46. The van der Waals surface area contributed by atoms with Crippen molar-refractivity contribution in [3.05, 3.63) is 58.9 Å². The summed E-state index contributed by atoms with van der Waals surface area (Å²) in [5.74, 6) is -1.49. The van der Waals surface area contributed by atoms with E-state index in [0.29, 0.717) is 42.7 Å². The second-order valence-corrected chi connectivity index (χ2v) is 8.67. The van der Waals surface area contributed by atoms with Crippen LogP contribution in [-0.4, -0.2) is 37.5 Å². The topological polar surface area (TPSA) is 88.7 Å². The molecule has 1 saturated heterocycles. The molecule has 2 aromatic carbocycles. The monoisotopic (exact) mass is 479 g/mol. The summed E-state index contributed by atoms with van der Waals surface area (Å²) in [6, 6.07) is 6.71. The Balaban J connectivity index is 1.30. The predicted octanol–water partition coefficient (Wildman–Crippen LogP) is 3.23. The van der Waals surface area contributed by atoms with Gasteiger partial charge in [-0.3, -0.25) is 4.79 Å². The maximum Gasteiger partial charge on any atom is 0.573 e. The molecule has 0 radical (unpaired) electrons. The Kier molecular flexibility index (Phi) is 5.29. The number of ether oxygens (including phenoxy) is 2. The molecular weight excluding hydrogens is 458 g/mol. The van der Waals surface area contributed by atoms with Crippen molar-refractivity contribution in [2.75, 3.05) is 13.2 Å². The van der Waals surface area contributed by atoms with Crippen LogP contribution in [-0.2, 0) is 16.8 Å². The van der Waals surface area contributed by atoms with Gasteiger partial charge in [-0.2, -0.15) is 0 Å². The highest BCUT2D eigenvalue weighted by molar-refractivity contribution is 5.90. The first-order valence-corrected chi connectivity index (χ1v) is 10.8. The lowest BCUT2D eigenvalue weighted by Gasteiger charge is -2.23. The summed E-state index contributed by atoms with van der Waals surface area (Å²) >= 11 is 0. The van der Waals surface area contributed by atoms with Gasteiger partial charge in [0.2, 0.25) is 5.91 Å². The number of fused-ring (bicyclic) bond motifs is 1. The number of alkyl halides is 3. The van der Waals surface area contributed by atoms with E-state index < -0.39 is 41.6 Å². The van der Waals surface area contributed by atoms with E-state index in [1.165, 1.54) is 24.3 Å². The van der Waals surface area contributed by atoms with Gasteiger partial charge in [-0.1, -0.05) is 12.1 Å². The van der Waals surface area contributed by atoms with E-state index in [-0.39, 0.29) is 12.3 Å². The molecule has 34 heavy (non-hydrogen) atoms.